The first-order chi connectivity index (χ1) is 12.1. The molecule has 1 spiro atoms. The van der Waals surface area contributed by atoms with Gasteiger partial charge in [-0.1, -0.05) is 32.6 Å². The molecule has 1 saturated carbocycles. The van der Waals surface area contributed by atoms with Crippen molar-refractivity contribution in [3.05, 3.63) is 0 Å². The Morgan fingerprint density at radius 2 is 2.16 bits per heavy atom. The number of thiocyanates is 1. The molecule has 0 bridgehead atoms. The van der Waals surface area contributed by atoms with Gasteiger partial charge in [-0.05, 0) is 43.9 Å². The van der Waals surface area contributed by atoms with Crippen LogP contribution in [0.3, 0.4) is 0 Å². The fourth-order valence-electron chi connectivity index (χ4n) is 6.01. The number of rotatable bonds is 6. The van der Waals surface area contributed by atoms with Gasteiger partial charge >= 0.3 is 5.97 Å². The number of esters is 1. The largest absolute Gasteiger partial charge is 0.462 e. The number of thioether (sulfide) groups is 1. The Morgan fingerprint density at radius 1 is 1.32 bits per heavy atom. The van der Waals surface area contributed by atoms with E-state index in [1.807, 2.05) is 0 Å². The molecular formula is C20H32N2O2S. The van der Waals surface area contributed by atoms with Crippen molar-refractivity contribution in [1.29, 1.82) is 5.26 Å². The molecule has 25 heavy (non-hydrogen) atoms. The summed E-state index contributed by atoms with van der Waals surface area (Å²) < 4.78 is 5.87. The zero-order valence-electron chi connectivity index (χ0n) is 15.7. The maximum Gasteiger partial charge on any atom is 0.302 e. The molecule has 4 nitrogen and oxygen atoms in total. The highest BCUT2D eigenvalue weighted by molar-refractivity contribution is 8.03. The monoisotopic (exact) mass is 364 g/mol. The van der Waals surface area contributed by atoms with Gasteiger partial charge in [-0.3, -0.25) is 9.69 Å². The zero-order valence-corrected chi connectivity index (χ0v) is 16.5. The van der Waals surface area contributed by atoms with E-state index in [4.69, 9.17) is 10.00 Å². The number of nitriles is 1. The van der Waals surface area contributed by atoms with E-state index in [0.29, 0.717) is 18.0 Å². The van der Waals surface area contributed by atoms with Crippen LogP contribution in [0.2, 0.25) is 0 Å². The summed E-state index contributed by atoms with van der Waals surface area (Å²) >= 11 is 1.41. The van der Waals surface area contributed by atoms with Crippen LogP contribution in [0, 0.1) is 16.6 Å². The predicted molar refractivity (Wildman–Crippen MR) is 101 cm³/mol. The number of carbonyl (C=O) groups excluding carboxylic acids is 1. The molecule has 5 atom stereocenters. The van der Waals surface area contributed by atoms with Crippen molar-refractivity contribution < 1.29 is 9.53 Å². The molecule has 3 rings (SSSR count). The van der Waals surface area contributed by atoms with Crippen LogP contribution in [0.5, 0.6) is 0 Å². The van der Waals surface area contributed by atoms with Gasteiger partial charge in [-0.2, -0.15) is 5.26 Å². The second kappa shape index (κ2) is 8.31. The summed E-state index contributed by atoms with van der Waals surface area (Å²) in [6.07, 6.45) is 12.1. The number of piperidine rings is 1. The fraction of sp³-hybridized carbons (Fsp3) is 0.900. The van der Waals surface area contributed by atoms with Gasteiger partial charge in [0.15, 0.2) is 0 Å². The smallest absolute Gasteiger partial charge is 0.302 e. The maximum absolute atomic E-state index is 11.7. The minimum absolute atomic E-state index is 0.0956. The first-order valence-electron chi connectivity index (χ1n) is 10.1. The van der Waals surface area contributed by atoms with Crippen LogP contribution in [-0.4, -0.2) is 40.3 Å². The van der Waals surface area contributed by atoms with Gasteiger partial charge in [0.05, 0.1) is 0 Å². The summed E-state index contributed by atoms with van der Waals surface area (Å²) in [6.45, 7) is 3.81. The predicted octanol–water partition coefficient (Wildman–Crippen LogP) is 4.49. The number of carbonyl (C=O) groups is 1. The first kappa shape index (κ1) is 19.0. The van der Waals surface area contributed by atoms with Crippen LogP contribution in [0.4, 0.5) is 0 Å². The van der Waals surface area contributed by atoms with Gasteiger partial charge in [0, 0.05) is 42.6 Å². The van der Waals surface area contributed by atoms with Gasteiger partial charge in [0.25, 0.3) is 0 Å². The third-order valence-corrected chi connectivity index (χ3v) is 7.46. The Hall–Kier alpha value is -0.730. The van der Waals surface area contributed by atoms with E-state index in [2.05, 4.69) is 17.2 Å². The Morgan fingerprint density at radius 3 is 2.88 bits per heavy atom. The Labute approximate surface area is 156 Å². The highest BCUT2D eigenvalue weighted by Crippen LogP contribution is 2.55. The minimum atomic E-state index is -0.122. The van der Waals surface area contributed by atoms with Crippen molar-refractivity contribution in [3.8, 4) is 5.40 Å². The summed E-state index contributed by atoms with van der Waals surface area (Å²) in [5.74, 6) is 1.29. The van der Waals surface area contributed by atoms with Crippen LogP contribution >= 0.6 is 11.8 Å². The Kier molecular flexibility index (Phi) is 6.33. The van der Waals surface area contributed by atoms with E-state index in [-0.39, 0.29) is 17.6 Å². The summed E-state index contributed by atoms with van der Waals surface area (Å²) in [6, 6.07) is 1.02. The Balaban J connectivity index is 1.89. The first-order valence-corrected chi connectivity index (χ1v) is 11.1. The average Bonchev–Trinajstić information content (AvgIpc) is 2.96. The van der Waals surface area contributed by atoms with E-state index in [1.165, 1.54) is 69.5 Å². The van der Waals surface area contributed by atoms with Crippen molar-refractivity contribution in [2.75, 3.05) is 5.75 Å². The fourth-order valence-corrected chi connectivity index (χ4v) is 6.60. The zero-order chi connectivity index (χ0) is 17.9. The molecule has 2 heterocycles. The van der Waals surface area contributed by atoms with E-state index < -0.39 is 0 Å². The number of nitrogens with zero attached hydrogens (tertiary/aromatic N) is 2. The van der Waals surface area contributed by atoms with Gasteiger partial charge < -0.3 is 4.74 Å². The highest BCUT2D eigenvalue weighted by atomic mass is 32.2. The van der Waals surface area contributed by atoms with Crippen molar-refractivity contribution in [3.63, 3.8) is 0 Å². The SMILES string of the molecule is CCCC[C@@H]1C[C@H](OC(C)=O)[C@H]2CCCC[C@]23CC[C@@H](CSC#N)N13. The maximum atomic E-state index is 11.7. The molecule has 3 aliphatic rings. The second-order valence-electron chi connectivity index (χ2n) is 8.14. The van der Waals surface area contributed by atoms with Crippen molar-refractivity contribution in [2.45, 2.75) is 102 Å². The van der Waals surface area contributed by atoms with Gasteiger partial charge in [-0.15, -0.1) is 0 Å². The van der Waals surface area contributed by atoms with Crippen LogP contribution in [0.25, 0.3) is 0 Å². The summed E-state index contributed by atoms with van der Waals surface area (Å²) in [5.41, 5.74) is 0.218. The lowest BCUT2D eigenvalue weighted by Crippen LogP contribution is -2.65. The minimum Gasteiger partial charge on any atom is -0.462 e. The molecule has 0 aromatic heterocycles. The van der Waals surface area contributed by atoms with Crippen molar-refractivity contribution in [1.82, 2.24) is 4.90 Å². The molecule has 0 aromatic carbocycles. The van der Waals surface area contributed by atoms with E-state index >= 15 is 0 Å². The summed E-state index contributed by atoms with van der Waals surface area (Å²) in [7, 11) is 0. The molecule has 2 saturated heterocycles. The number of ether oxygens (including phenoxy) is 1. The summed E-state index contributed by atoms with van der Waals surface area (Å²) in [4.78, 5) is 14.6. The van der Waals surface area contributed by atoms with E-state index in [9.17, 15) is 4.79 Å². The molecule has 3 fully saturated rings. The van der Waals surface area contributed by atoms with Gasteiger partial charge in [0.2, 0.25) is 0 Å². The quantitative estimate of drug-likeness (QED) is 0.513. The topological polar surface area (TPSA) is 53.3 Å². The lowest BCUT2D eigenvalue weighted by atomic mass is 9.64. The normalized spacial score (nSPS) is 37.8. The molecule has 0 aromatic rings. The van der Waals surface area contributed by atoms with Crippen LogP contribution < -0.4 is 0 Å². The highest BCUT2D eigenvalue weighted by Gasteiger charge is 2.59. The van der Waals surface area contributed by atoms with E-state index in [0.717, 1.165) is 12.2 Å². The molecule has 0 radical (unpaired) electrons. The molecule has 0 N–H and O–H groups in total. The second-order valence-corrected chi connectivity index (χ2v) is 8.94. The van der Waals surface area contributed by atoms with Crippen LogP contribution in [-0.2, 0) is 9.53 Å². The molecule has 2 aliphatic heterocycles. The third kappa shape index (κ3) is 3.71. The number of hydrogen-bond donors (Lipinski definition) is 0. The molecule has 5 heteroatoms. The molecular weight excluding hydrogens is 332 g/mol. The van der Waals surface area contributed by atoms with Crippen molar-refractivity contribution in [2.24, 2.45) is 5.92 Å². The lowest BCUT2D eigenvalue weighted by Gasteiger charge is -2.58. The molecule has 0 unspecified atom stereocenters. The van der Waals surface area contributed by atoms with Crippen LogP contribution in [0.15, 0.2) is 0 Å². The van der Waals surface area contributed by atoms with E-state index in [1.54, 1.807) is 6.92 Å². The molecule has 1 aliphatic carbocycles. The summed E-state index contributed by atoms with van der Waals surface area (Å²) in [5, 5.41) is 11.3. The standard InChI is InChI=1S/C20H32N2O2S/c1-3-4-7-16-12-19(24-15(2)23)18-8-5-6-10-20(18)11-9-17(22(16)20)13-25-14-21/h16-19H,3-13H2,1-2H3/t16-,17+,18-,19+,20+/m1/s1. The van der Waals surface area contributed by atoms with Gasteiger partial charge in [0.1, 0.15) is 11.5 Å². The van der Waals surface area contributed by atoms with Gasteiger partial charge in [-0.25, -0.2) is 0 Å². The molecule has 0 amide bonds. The number of unbranched alkanes of at least 4 members (excludes halogenated alkanes) is 1. The Bertz CT molecular complexity index is 520. The van der Waals surface area contributed by atoms with Crippen molar-refractivity contribution >= 4 is 17.7 Å². The average molecular weight is 365 g/mol. The lowest BCUT2D eigenvalue weighted by molar-refractivity contribution is -0.169. The molecule has 140 valence electrons. The van der Waals surface area contributed by atoms with Crippen LogP contribution in [0.1, 0.15) is 78.1 Å². The number of hydrogen-bond acceptors (Lipinski definition) is 5. The third-order valence-electron chi connectivity index (χ3n) is 6.78.